The smallest absolute Gasteiger partial charge is 0.123 e. The van der Waals surface area contributed by atoms with Gasteiger partial charge in [-0.05, 0) is 56.2 Å². The van der Waals surface area contributed by atoms with Gasteiger partial charge in [-0.15, -0.1) is 0 Å². The van der Waals surface area contributed by atoms with Crippen LogP contribution in [0.3, 0.4) is 0 Å². The molecule has 2 heteroatoms. The molecule has 3 atom stereocenters. The third kappa shape index (κ3) is 4.90. The van der Waals surface area contributed by atoms with Crippen molar-refractivity contribution < 1.29 is 4.39 Å². The lowest BCUT2D eigenvalue weighted by Crippen LogP contribution is -2.37. The molecule has 0 saturated heterocycles. The Kier molecular flexibility index (Phi) is 6.03. The summed E-state index contributed by atoms with van der Waals surface area (Å²) in [5.74, 6) is 0.790. The van der Waals surface area contributed by atoms with Crippen molar-refractivity contribution in [3.63, 3.8) is 0 Å². The van der Waals surface area contributed by atoms with Gasteiger partial charge >= 0.3 is 0 Å². The van der Waals surface area contributed by atoms with Crippen molar-refractivity contribution in [1.29, 1.82) is 0 Å². The summed E-state index contributed by atoms with van der Waals surface area (Å²) in [5, 5.41) is 3.77. The second kappa shape index (κ2) is 7.78. The van der Waals surface area contributed by atoms with E-state index in [4.69, 9.17) is 0 Å². The van der Waals surface area contributed by atoms with Crippen LogP contribution in [-0.2, 0) is 6.42 Å². The molecular formula is C18H28FN. The van der Waals surface area contributed by atoms with E-state index in [0.717, 1.165) is 12.3 Å². The van der Waals surface area contributed by atoms with E-state index in [1.807, 2.05) is 12.1 Å². The Hall–Kier alpha value is -0.890. The zero-order chi connectivity index (χ0) is 14.4. The van der Waals surface area contributed by atoms with Crippen molar-refractivity contribution in [2.75, 3.05) is 0 Å². The SMILES string of the molecule is CCC1CCCC(NC(C)Cc2ccc(F)cc2)CC1. The van der Waals surface area contributed by atoms with E-state index in [9.17, 15) is 4.39 Å². The predicted molar refractivity (Wildman–Crippen MR) is 83.4 cm³/mol. The third-order valence-electron chi connectivity index (χ3n) is 4.64. The minimum Gasteiger partial charge on any atom is -0.311 e. The Morgan fingerprint density at radius 3 is 2.60 bits per heavy atom. The fraction of sp³-hybridized carbons (Fsp3) is 0.667. The average molecular weight is 277 g/mol. The van der Waals surface area contributed by atoms with Crippen LogP contribution in [0.25, 0.3) is 0 Å². The van der Waals surface area contributed by atoms with Crippen molar-refractivity contribution in [3.8, 4) is 0 Å². The van der Waals surface area contributed by atoms with Gasteiger partial charge in [0.05, 0.1) is 0 Å². The minimum absolute atomic E-state index is 0.149. The number of nitrogens with one attached hydrogen (secondary N) is 1. The van der Waals surface area contributed by atoms with Crippen LogP contribution in [0.2, 0.25) is 0 Å². The Balaban J connectivity index is 1.79. The maximum absolute atomic E-state index is 12.9. The van der Waals surface area contributed by atoms with Crippen LogP contribution in [0.15, 0.2) is 24.3 Å². The van der Waals surface area contributed by atoms with Gasteiger partial charge in [-0.3, -0.25) is 0 Å². The molecule has 2 rings (SSSR count). The van der Waals surface area contributed by atoms with Gasteiger partial charge in [-0.2, -0.15) is 0 Å². The molecule has 1 N–H and O–H groups in total. The summed E-state index contributed by atoms with van der Waals surface area (Å²) in [5.41, 5.74) is 1.21. The molecule has 0 aliphatic heterocycles. The second-order valence-corrected chi connectivity index (χ2v) is 6.38. The molecule has 112 valence electrons. The molecule has 0 spiro atoms. The normalized spacial score (nSPS) is 25.1. The van der Waals surface area contributed by atoms with E-state index < -0.39 is 0 Å². The number of hydrogen-bond acceptors (Lipinski definition) is 1. The molecule has 0 aromatic heterocycles. The van der Waals surface area contributed by atoms with E-state index in [1.54, 1.807) is 12.1 Å². The highest BCUT2D eigenvalue weighted by molar-refractivity contribution is 5.17. The molecule has 3 unspecified atom stereocenters. The monoisotopic (exact) mass is 277 g/mol. The Labute approximate surface area is 123 Å². The van der Waals surface area contributed by atoms with Crippen LogP contribution < -0.4 is 5.32 Å². The lowest BCUT2D eigenvalue weighted by atomic mass is 9.97. The largest absolute Gasteiger partial charge is 0.311 e. The molecule has 1 nitrogen and oxygen atoms in total. The predicted octanol–water partition coefficient (Wildman–Crippen LogP) is 4.71. The van der Waals surface area contributed by atoms with E-state index >= 15 is 0 Å². The highest BCUT2D eigenvalue weighted by Gasteiger charge is 2.19. The van der Waals surface area contributed by atoms with Gasteiger partial charge in [0.2, 0.25) is 0 Å². The maximum Gasteiger partial charge on any atom is 0.123 e. The lowest BCUT2D eigenvalue weighted by Gasteiger charge is -2.22. The van der Waals surface area contributed by atoms with Crippen molar-refractivity contribution >= 4 is 0 Å². The van der Waals surface area contributed by atoms with Gasteiger partial charge in [-0.1, -0.05) is 38.3 Å². The highest BCUT2D eigenvalue weighted by atomic mass is 19.1. The molecule has 1 aromatic rings. The Morgan fingerprint density at radius 1 is 1.15 bits per heavy atom. The van der Waals surface area contributed by atoms with E-state index in [-0.39, 0.29) is 5.82 Å². The number of halogens is 1. The minimum atomic E-state index is -0.149. The summed E-state index contributed by atoms with van der Waals surface area (Å²) in [6.07, 6.45) is 9.07. The van der Waals surface area contributed by atoms with Gasteiger partial charge in [0.15, 0.2) is 0 Å². The first-order valence-electron chi connectivity index (χ1n) is 8.18. The van der Waals surface area contributed by atoms with Crippen molar-refractivity contribution in [2.24, 2.45) is 5.92 Å². The molecule has 0 heterocycles. The fourth-order valence-electron chi connectivity index (χ4n) is 3.39. The molecule has 0 radical (unpaired) electrons. The van der Waals surface area contributed by atoms with E-state index in [2.05, 4.69) is 19.2 Å². The summed E-state index contributed by atoms with van der Waals surface area (Å²) in [6, 6.07) is 8.03. The molecule has 1 aliphatic rings. The first-order valence-corrected chi connectivity index (χ1v) is 8.18. The van der Waals surface area contributed by atoms with Crippen LogP contribution >= 0.6 is 0 Å². The molecular weight excluding hydrogens is 249 g/mol. The number of hydrogen-bond donors (Lipinski definition) is 1. The second-order valence-electron chi connectivity index (χ2n) is 6.38. The van der Waals surface area contributed by atoms with Gasteiger partial charge in [0, 0.05) is 12.1 Å². The molecule has 1 aromatic carbocycles. The van der Waals surface area contributed by atoms with Crippen LogP contribution in [0, 0.1) is 11.7 Å². The third-order valence-corrected chi connectivity index (χ3v) is 4.64. The van der Waals surface area contributed by atoms with Crippen LogP contribution in [0.5, 0.6) is 0 Å². The van der Waals surface area contributed by atoms with Crippen LogP contribution in [0.1, 0.15) is 57.9 Å². The summed E-state index contributed by atoms with van der Waals surface area (Å²) >= 11 is 0. The van der Waals surface area contributed by atoms with Crippen LogP contribution in [0.4, 0.5) is 4.39 Å². The van der Waals surface area contributed by atoms with E-state index in [1.165, 1.54) is 44.1 Å². The summed E-state index contributed by atoms with van der Waals surface area (Å²) < 4.78 is 12.9. The Bertz CT molecular complexity index is 387. The molecule has 0 amide bonds. The summed E-state index contributed by atoms with van der Waals surface area (Å²) in [4.78, 5) is 0. The lowest BCUT2D eigenvalue weighted by molar-refractivity contribution is 0.393. The first-order chi connectivity index (χ1) is 9.67. The molecule has 1 fully saturated rings. The van der Waals surface area contributed by atoms with Crippen molar-refractivity contribution in [3.05, 3.63) is 35.6 Å². The molecule has 0 bridgehead atoms. The van der Waals surface area contributed by atoms with Gasteiger partial charge in [0.1, 0.15) is 5.82 Å². The number of benzene rings is 1. The average Bonchev–Trinajstić information content (AvgIpc) is 2.66. The summed E-state index contributed by atoms with van der Waals surface area (Å²) in [7, 11) is 0. The molecule has 1 aliphatic carbocycles. The van der Waals surface area contributed by atoms with Crippen LogP contribution in [-0.4, -0.2) is 12.1 Å². The number of rotatable bonds is 5. The Morgan fingerprint density at radius 2 is 1.90 bits per heavy atom. The quantitative estimate of drug-likeness (QED) is 0.769. The summed E-state index contributed by atoms with van der Waals surface area (Å²) in [6.45, 7) is 4.56. The van der Waals surface area contributed by atoms with Gasteiger partial charge < -0.3 is 5.32 Å². The maximum atomic E-state index is 12.9. The molecule has 20 heavy (non-hydrogen) atoms. The molecule has 1 saturated carbocycles. The topological polar surface area (TPSA) is 12.0 Å². The first kappa shape index (κ1) is 15.5. The van der Waals surface area contributed by atoms with Gasteiger partial charge in [-0.25, -0.2) is 4.39 Å². The zero-order valence-electron chi connectivity index (χ0n) is 12.9. The highest BCUT2D eigenvalue weighted by Crippen LogP contribution is 2.25. The van der Waals surface area contributed by atoms with E-state index in [0.29, 0.717) is 12.1 Å². The van der Waals surface area contributed by atoms with Crippen molar-refractivity contribution in [1.82, 2.24) is 5.32 Å². The zero-order valence-corrected chi connectivity index (χ0v) is 12.9. The van der Waals surface area contributed by atoms with Gasteiger partial charge in [0.25, 0.3) is 0 Å². The fourth-order valence-corrected chi connectivity index (χ4v) is 3.39. The van der Waals surface area contributed by atoms with Crippen molar-refractivity contribution in [2.45, 2.75) is 70.9 Å². The standard InChI is InChI=1S/C18H28FN/c1-3-15-5-4-6-18(12-9-15)20-14(2)13-16-7-10-17(19)11-8-16/h7-8,10-11,14-15,18,20H,3-6,9,12-13H2,1-2H3.